The zero-order valence-corrected chi connectivity index (χ0v) is 9.54. The maximum Gasteiger partial charge on any atom is 0.320 e. The summed E-state index contributed by atoms with van der Waals surface area (Å²) in [5.41, 5.74) is 0. The monoisotopic (exact) mass is 249 g/mol. The second-order valence-electron chi connectivity index (χ2n) is 3.54. The summed E-state index contributed by atoms with van der Waals surface area (Å²) in [5.74, 6) is 0. The molecule has 2 rings (SSSR count). The minimum absolute atomic E-state index is 0. The van der Waals surface area contributed by atoms with Gasteiger partial charge in [0.1, 0.15) is 0 Å². The van der Waals surface area contributed by atoms with Crippen molar-refractivity contribution in [2.75, 3.05) is 33.2 Å². The van der Waals surface area contributed by atoms with E-state index in [0.29, 0.717) is 6.04 Å². The minimum atomic E-state index is 0. The first-order valence-corrected chi connectivity index (χ1v) is 4.51. The second-order valence-corrected chi connectivity index (χ2v) is 3.54. The van der Waals surface area contributed by atoms with Crippen LogP contribution >= 0.6 is 17.0 Å². The van der Waals surface area contributed by atoms with Gasteiger partial charge < -0.3 is 15.1 Å². The predicted octanol–water partition coefficient (Wildman–Crippen LogP) is 0.294. The average Bonchev–Trinajstić information content (AvgIpc) is 2.12. The fourth-order valence-corrected chi connectivity index (χ4v) is 1.93. The summed E-state index contributed by atoms with van der Waals surface area (Å²) in [6.45, 7) is 3.69. The summed E-state index contributed by atoms with van der Waals surface area (Å²) < 4.78 is 0. The van der Waals surface area contributed by atoms with E-state index in [1.807, 2.05) is 16.8 Å². The van der Waals surface area contributed by atoms with E-state index in [-0.39, 0.29) is 23.0 Å². The first kappa shape index (κ1) is 10.8. The Morgan fingerprint density at radius 2 is 2.23 bits per heavy atom. The molecule has 0 aromatic heterocycles. The van der Waals surface area contributed by atoms with Gasteiger partial charge in [-0.05, 0) is 6.42 Å². The molecule has 0 saturated carbocycles. The Bertz CT molecular complexity index is 200. The highest BCUT2D eigenvalue weighted by Crippen LogP contribution is 2.15. The molecule has 13 heavy (non-hydrogen) atoms. The number of amides is 2. The van der Waals surface area contributed by atoms with Crippen LogP contribution in [0.2, 0.25) is 0 Å². The van der Waals surface area contributed by atoms with Crippen molar-refractivity contribution < 1.29 is 4.79 Å². The summed E-state index contributed by atoms with van der Waals surface area (Å²) in [4.78, 5) is 15.4. The number of nitrogens with zero attached hydrogens (tertiary/aromatic N) is 2. The molecule has 76 valence electrons. The first-order chi connectivity index (χ1) is 5.79. The predicted molar refractivity (Wildman–Crippen MR) is 56.3 cm³/mol. The molecule has 1 N–H and O–H groups in total. The maximum absolute atomic E-state index is 11.6. The number of fused-ring (bicyclic) bond motifs is 1. The molecular formula is C8H16BrN3O. The van der Waals surface area contributed by atoms with Crippen LogP contribution in [0.3, 0.4) is 0 Å². The van der Waals surface area contributed by atoms with Gasteiger partial charge in [0.25, 0.3) is 0 Å². The molecule has 0 aromatic rings. The lowest BCUT2D eigenvalue weighted by molar-refractivity contribution is 0.0955. The van der Waals surface area contributed by atoms with E-state index in [1.54, 1.807) is 0 Å². The van der Waals surface area contributed by atoms with Gasteiger partial charge in [-0.15, -0.1) is 17.0 Å². The minimum Gasteiger partial charge on any atom is -0.328 e. The van der Waals surface area contributed by atoms with Gasteiger partial charge in [0.05, 0.1) is 0 Å². The fraction of sp³-hybridized carbons (Fsp3) is 0.875. The first-order valence-electron chi connectivity index (χ1n) is 4.51. The normalized spacial score (nSPS) is 28.1. The van der Waals surface area contributed by atoms with Crippen LogP contribution in [0.25, 0.3) is 0 Å². The van der Waals surface area contributed by atoms with Crippen LogP contribution in [-0.2, 0) is 0 Å². The van der Waals surface area contributed by atoms with Gasteiger partial charge >= 0.3 is 6.03 Å². The number of piperazine rings is 1. The number of hydrogen-bond acceptors (Lipinski definition) is 2. The molecule has 5 heteroatoms. The summed E-state index contributed by atoms with van der Waals surface area (Å²) in [7, 11) is 1.88. The van der Waals surface area contributed by atoms with Gasteiger partial charge in [0, 0.05) is 39.3 Å². The molecule has 2 aliphatic heterocycles. The summed E-state index contributed by atoms with van der Waals surface area (Å²) >= 11 is 0. The lowest BCUT2D eigenvalue weighted by Gasteiger charge is -2.43. The van der Waals surface area contributed by atoms with Gasteiger partial charge in [-0.3, -0.25) is 0 Å². The van der Waals surface area contributed by atoms with Gasteiger partial charge in [-0.25, -0.2) is 4.79 Å². The SMILES string of the molecule is Br.CN1CCC2CNCCN2C1=O. The maximum atomic E-state index is 11.6. The Balaban J connectivity index is 0.000000845. The van der Waals surface area contributed by atoms with Crippen molar-refractivity contribution in [3.63, 3.8) is 0 Å². The van der Waals surface area contributed by atoms with E-state index in [1.165, 1.54) is 0 Å². The lowest BCUT2D eigenvalue weighted by Crippen LogP contribution is -2.60. The Morgan fingerprint density at radius 1 is 1.46 bits per heavy atom. The quantitative estimate of drug-likeness (QED) is 0.671. The lowest BCUT2D eigenvalue weighted by atomic mass is 10.1. The highest BCUT2D eigenvalue weighted by atomic mass is 79.9. The number of rotatable bonds is 0. The number of urea groups is 1. The van der Waals surface area contributed by atoms with E-state index in [2.05, 4.69) is 5.32 Å². The largest absolute Gasteiger partial charge is 0.328 e. The van der Waals surface area contributed by atoms with Crippen LogP contribution in [0.4, 0.5) is 4.79 Å². The van der Waals surface area contributed by atoms with Crippen LogP contribution in [0, 0.1) is 0 Å². The van der Waals surface area contributed by atoms with Gasteiger partial charge in [0.2, 0.25) is 0 Å². The highest BCUT2D eigenvalue weighted by Gasteiger charge is 2.32. The molecule has 4 nitrogen and oxygen atoms in total. The zero-order chi connectivity index (χ0) is 8.55. The van der Waals surface area contributed by atoms with Crippen molar-refractivity contribution in [2.24, 2.45) is 0 Å². The number of nitrogens with one attached hydrogen (secondary N) is 1. The van der Waals surface area contributed by atoms with Crippen molar-refractivity contribution in [1.29, 1.82) is 0 Å². The molecule has 1 unspecified atom stereocenters. The van der Waals surface area contributed by atoms with Crippen molar-refractivity contribution in [3.8, 4) is 0 Å². The Hall–Kier alpha value is -0.290. The van der Waals surface area contributed by atoms with Crippen LogP contribution in [0.15, 0.2) is 0 Å². The molecule has 0 aromatic carbocycles. The van der Waals surface area contributed by atoms with Crippen LogP contribution in [0.5, 0.6) is 0 Å². The van der Waals surface area contributed by atoms with E-state index in [4.69, 9.17) is 0 Å². The third-order valence-corrected chi connectivity index (χ3v) is 2.72. The highest BCUT2D eigenvalue weighted by molar-refractivity contribution is 8.93. The molecular weight excluding hydrogens is 234 g/mol. The fourth-order valence-electron chi connectivity index (χ4n) is 1.93. The van der Waals surface area contributed by atoms with Crippen LogP contribution in [0.1, 0.15) is 6.42 Å². The third-order valence-electron chi connectivity index (χ3n) is 2.72. The number of hydrogen-bond donors (Lipinski definition) is 1. The molecule has 2 heterocycles. The van der Waals surface area contributed by atoms with Crippen molar-refractivity contribution in [1.82, 2.24) is 15.1 Å². The van der Waals surface area contributed by atoms with Gasteiger partial charge in [0.15, 0.2) is 0 Å². The Labute approximate surface area is 89.0 Å². The van der Waals surface area contributed by atoms with E-state index >= 15 is 0 Å². The molecule has 2 saturated heterocycles. The molecule has 0 radical (unpaired) electrons. The van der Waals surface area contributed by atoms with Gasteiger partial charge in [-0.1, -0.05) is 0 Å². The molecule has 0 bridgehead atoms. The molecule has 0 spiro atoms. The summed E-state index contributed by atoms with van der Waals surface area (Å²) in [6, 6.07) is 0.648. The van der Waals surface area contributed by atoms with E-state index in [0.717, 1.165) is 32.6 Å². The number of halogens is 1. The molecule has 2 aliphatic rings. The number of carbonyl (C=O) groups is 1. The summed E-state index contributed by atoms with van der Waals surface area (Å²) in [6.07, 6.45) is 1.11. The third kappa shape index (κ3) is 1.96. The van der Waals surface area contributed by atoms with Crippen LogP contribution < -0.4 is 5.32 Å². The van der Waals surface area contributed by atoms with Crippen molar-refractivity contribution in [2.45, 2.75) is 12.5 Å². The smallest absolute Gasteiger partial charge is 0.320 e. The topological polar surface area (TPSA) is 35.6 Å². The molecule has 1 atom stereocenters. The average molecular weight is 250 g/mol. The Kier molecular flexibility index (Phi) is 3.55. The van der Waals surface area contributed by atoms with Gasteiger partial charge in [-0.2, -0.15) is 0 Å². The standard InChI is InChI=1S/C8H15N3O.BrH/c1-10-4-2-7-6-9-3-5-11(7)8(10)12;/h7,9H,2-6H2,1H3;1H. The second kappa shape index (κ2) is 4.28. The zero-order valence-electron chi connectivity index (χ0n) is 7.82. The van der Waals surface area contributed by atoms with Crippen molar-refractivity contribution >= 4 is 23.0 Å². The van der Waals surface area contributed by atoms with Crippen molar-refractivity contribution in [3.05, 3.63) is 0 Å². The van der Waals surface area contributed by atoms with Crippen LogP contribution in [-0.4, -0.2) is 55.1 Å². The molecule has 0 aliphatic carbocycles. The summed E-state index contributed by atoms with van der Waals surface area (Å²) in [5, 5.41) is 3.31. The van der Waals surface area contributed by atoms with E-state index in [9.17, 15) is 4.79 Å². The number of carbonyl (C=O) groups excluding carboxylic acids is 1. The Morgan fingerprint density at radius 3 is 3.00 bits per heavy atom. The van der Waals surface area contributed by atoms with E-state index < -0.39 is 0 Å². The molecule has 2 amide bonds. The molecule has 2 fully saturated rings.